The molecule has 0 aromatic heterocycles. The van der Waals surface area contributed by atoms with E-state index in [1.807, 2.05) is 37.3 Å². The second-order valence-electron chi connectivity index (χ2n) is 9.09. The monoisotopic (exact) mass is 452 g/mol. The van der Waals surface area contributed by atoms with Gasteiger partial charge in [-0.05, 0) is 49.4 Å². The molecule has 0 radical (unpaired) electrons. The summed E-state index contributed by atoms with van der Waals surface area (Å²) >= 11 is 0. The maximum Gasteiger partial charge on any atom is 0.321 e. The van der Waals surface area contributed by atoms with Crippen molar-refractivity contribution in [1.82, 2.24) is 15.1 Å². The van der Waals surface area contributed by atoms with E-state index in [1.165, 1.54) is 25.0 Å². The third-order valence-electron chi connectivity index (χ3n) is 6.84. The van der Waals surface area contributed by atoms with E-state index in [1.54, 1.807) is 17.0 Å². The minimum absolute atomic E-state index is 0.0547. The lowest BCUT2D eigenvalue weighted by Crippen LogP contribution is -2.58. The molecular formula is C26H33FN4O2. The van der Waals surface area contributed by atoms with Crippen molar-refractivity contribution in [2.75, 3.05) is 31.5 Å². The van der Waals surface area contributed by atoms with Crippen LogP contribution in [0.2, 0.25) is 0 Å². The number of anilines is 1. The number of hydrogen-bond acceptors (Lipinski definition) is 3. The van der Waals surface area contributed by atoms with Crippen LogP contribution in [-0.4, -0.2) is 54.0 Å². The van der Waals surface area contributed by atoms with Crippen LogP contribution in [0.3, 0.4) is 0 Å². The zero-order valence-electron chi connectivity index (χ0n) is 19.2. The molecule has 1 saturated carbocycles. The number of hydrogen-bond donors (Lipinski definition) is 2. The topological polar surface area (TPSA) is 64.7 Å². The van der Waals surface area contributed by atoms with Crippen molar-refractivity contribution in [2.24, 2.45) is 5.92 Å². The minimum Gasteiger partial charge on any atom is -0.348 e. The van der Waals surface area contributed by atoms with Crippen LogP contribution in [0.4, 0.5) is 14.9 Å². The molecule has 1 aliphatic carbocycles. The fraction of sp³-hybridized carbons (Fsp3) is 0.462. The van der Waals surface area contributed by atoms with E-state index in [-0.39, 0.29) is 29.8 Å². The number of carbonyl (C=O) groups is 2. The van der Waals surface area contributed by atoms with Crippen LogP contribution >= 0.6 is 0 Å². The van der Waals surface area contributed by atoms with Gasteiger partial charge in [0, 0.05) is 31.9 Å². The van der Waals surface area contributed by atoms with Gasteiger partial charge in [0.15, 0.2) is 0 Å². The van der Waals surface area contributed by atoms with E-state index >= 15 is 0 Å². The van der Waals surface area contributed by atoms with Gasteiger partial charge in [-0.1, -0.05) is 49.2 Å². The first-order valence-electron chi connectivity index (χ1n) is 11.9. The molecule has 4 rings (SSSR count). The molecule has 1 aliphatic heterocycles. The normalized spacial score (nSPS) is 19.2. The summed E-state index contributed by atoms with van der Waals surface area (Å²) in [6.45, 7) is 4.38. The fourth-order valence-corrected chi connectivity index (χ4v) is 5.05. The fourth-order valence-electron chi connectivity index (χ4n) is 5.05. The zero-order chi connectivity index (χ0) is 23.2. The first-order chi connectivity index (χ1) is 16.0. The Bertz CT molecular complexity index is 940. The summed E-state index contributed by atoms with van der Waals surface area (Å²) in [5.41, 5.74) is 1.54. The standard InChI is InChI=1S/C26H33FN4O2/c1-19(20-8-3-2-4-9-20)28-25(32)24(21-10-5-6-11-21)30-14-16-31(17-15-30)26(33)29-23-13-7-12-22(27)18-23/h2-4,7-9,12-13,18-19,21,24H,5-6,10-11,14-17H2,1H3,(H,28,32)(H,29,33)/t19-,24-/m1/s1. The highest BCUT2D eigenvalue weighted by Gasteiger charge is 2.37. The van der Waals surface area contributed by atoms with Gasteiger partial charge in [0.2, 0.25) is 5.91 Å². The number of nitrogens with zero attached hydrogens (tertiary/aromatic N) is 2. The van der Waals surface area contributed by atoms with E-state index < -0.39 is 0 Å². The maximum atomic E-state index is 13.4. The van der Waals surface area contributed by atoms with Crippen molar-refractivity contribution in [2.45, 2.75) is 44.7 Å². The Labute approximate surface area is 195 Å². The summed E-state index contributed by atoms with van der Waals surface area (Å²) in [5, 5.41) is 6.00. The van der Waals surface area contributed by atoms with Gasteiger partial charge >= 0.3 is 6.03 Å². The first-order valence-corrected chi connectivity index (χ1v) is 11.9. The van der Waals surface area contributed by atoms with E-state index in [0.717, 1.165) is 18.4 Å². The molecule has 2 atom stereocenters. The van der Waals surface area contributed by atoms with Gasteiger partial charge in [-0.15, -0.1) is 0 Å². The number of carbonyl (C=O) groups excluding carboxylic acids is 2. The predicted molar refractivity (Wildman–Crippen MR) is 127 cm³/mol. The molecule has 176 valence electrons. The van der Waals surface area contributed by atoms with Gasteiger partial charge in [0.05, 0.1) is 12.1 Å². The Morgan fingerprint density at radius 1 is 0.970 bits per heavy atom. The Balaban J connectivity index is 1.37. The van der Waals surface area contributed by atoms with Crippen LogP contribution in [0.25, 0.3) is 0 Å². The lowest BCUT2D eigenvalue weighted by atomic mass is 9.94. The van der Waals surface area contributed by atoms with E-state index in [0.29, 0.717) is 37.8 Å². The van der Waals surface area contributed by atoms with Crippen molar-refractivity contribution >= 4 is 17.6 Å². The number of nitrogens with one attached hydrogen (secondary N) is 2. The lowest BCUT2D eigenvalue weighted by molar-refractivity contribution is -0.129. The number of urea groups is 1. The van der Waals surface area contributed by atoms with E-state index in [9.17, 15) is 14.0 Å². The highest BCUT2D eigenvalue weighted by Crippen LogP contribution is 2.31. The summed E-state index contributed by atoms with van der Waals surface area (Å²) in [6, 6.07) is 15.5. The minimum atomic E-state index is -0.382. The second kappa shape index (κ2) is 10.8. The quantitative estimate of drug-likeness (QED) is 0.682. The molecule has 7 heteroatoms. The second-order valence-corrected chi connectivity index (χ2v) is 9.09. The SMILES string of the molecule is C[C@@H](NC(=O)[C@@H](C1CCCC1)N1CCN(C(=O)Nc2cccc(F)c2)CC1)c1ccccc1. The average Bonchev–Trinajstić information content (AvgIpc) is 3.34. The van der Waals surface area contributed by atoms with Crippen molar-refractivity contribution in [1.29, 1.82) is 0 Å². The summed E-state index contributed by atoms with van der Waals surface area (Å²) in [5.74, 6) is 0.0457. The summed E-state index contributed by atoms with van der Waals surface area (Å²) < 4.78 is 13.4. The van der Waals surface area contributed by atoms with Crippen LogP contribution < -0.4 is 10.6 Å². The Morgan fingerprint density at radius 2 is 1.67 bits per heavy atom. The van der Waals surface area contributed by atoms with Crippen LogP contribution in [0, 0.1) is 11.7 Å². The molecule has 2 fully saturated rings. The maximum absolute atomic E-state index is 13.4. The van der Waals surface area contributed by atoms with Crippen LogP contribution in [-0.2, 0) is 4.79 Å². The molecule has 2 N–H and O–H groups in total. The zero-order valence-corrected chi connectivity index (χ0v) is 19.2. The molecule has 33 heavy (non-hydrogen) atoms. The van der Waals surface area contributed by atoms with Crippen LogP contribution in [0.1, 0.15) is 44.2 Å². The average molecular weight is 453 g/mol. The highest BCUT2D eigenvalue weighted by molar-refractivity contribution is 5.89. The molecule has 2 aliphatic rings. The van der Waals surface area contributed by atoms with E-state index in [2.05, 4.69) is 15.5 Å². The van der Waals surface area contributed by atoms with E-state index in [4.69, 9.17) is 0 Å². The molecule has 0 unspecified atom stereocenters. The Kier molecular flexibility index (Phi) is 7.60. The Morgan fingerprint density at radius 3 is 2.33 bits per heavy atom. The van der Waals surface area contributed by atoms with Crippen molar-refractivity contribution < 1.29 is 14.0 Å². The molecule has 0 spiro atoms. The van der Waals surface area contributed by atoms with Crippen molar-refractivity contribution in [3.8, 4) is 0 Å². The van der Waals surface area contributed by atoms with Crippen LogP contribution in [0.5, 0.6) is 0 Å². The third kappa shape index (κ3) is 5.90. The third-order valence-corrected chi connectivity index (χ3v) is 6.84. The highest BCUT2D eigenvalue weighted by atomic mass is 19.1. The number of benzene rings is 2. The molecule has 1 saturated heterocycles. The number of amides is 3. The van der Waals surface area contributed by atoms with Crippen molar-refractivity contribution in [3.63, 3.8) is 0 Å². The summed E-state index contributed by atoms with van der Waals surface area (Å²) in [7, 11) is 0. The number of halogens is 1. The van der Waals surface area contributed by atoms with Crippen molar-refractivity contribution in [3.05, 3.63) is 66.0 Å². The predicted octanol–water partition coefficient (Wildman–Crippen LogP) is 4.41. The van der Waals surface area contributed by atoms with Gasteiger partial charge < -0.3 is 15.5 Å². The molecule has 2 aromatic carbocycles. The van der Waals surface area contributed by atoms with Gasteiger partial charge in [-0.3, -0.25) is 9.69 Å². The molecular weight excluding hydrogens is 419 g/mol. The Hall–Kier alpha value is -2.93. The molecule has 6 nitrogen and oxygen atoms in total. The number of piperazine rings is 1. The molecule has 0 bridgehead atoms. The summed E-state index contributed by atoms with van der Waals surface area (Å²) in [4.78, 5) is 30.0. The smallest absolute Gasteiger partial charge is 0.321 e. The summed E-state index contributed by atoms with van der Waals surface area (Å²) in [6.07, 6.45) is 4.47. The van der Waals surface area contributed by atoms with Gasteiger partial charge in [0.25, 0.3) is 0 Å². The molecule has 3 amide bonds. The van der Waals surface area contributed by atoms with Gasteiger partial charge in [-0.25, -0.2) is 9.18 Å². The lowest BCUT2D eigenvalue weighted by Gasteiger charge is -2.41. The van der Waals surface area contributed by atoms with Gasteiger partial charge in [0.1, 0.15) is 5.82 Å². The molecule has 1 heterocycles. The molecule has 2 aromatic rings. The largest absolute Gasteiger partial charge is 0.348 e. The van der Waals surface area contributed by atoms with Gasteiger partial charge in [-0.2, -0.15) is 0 Å². The first kappa shape index (κ1) is 23.2. The number of rotatable bonds is 6. The van der Waals surface area contributed by atoms with Crippen LogP contribution in [0.15, 0.2) is 54.6 Å².